The molecule has 0 radical (unpaired) electrons. The van der Waals surface area contributed by atoms with Crippen LogP contribution in [0.2, 0.25) is 0 Å². The van der Waals surface area contributed by atoms with Crippen LogP contribution < -0.4 is 21.3 Å². The van der Waals surface area contributed by atoms with E-state index >= 15 is 0 Å². The first-order chi connectivity index (χ1) is 35.2. The predicted octanol–water partition coefficient (Wildman–Crippen LogP) is 17.0. The smallest absolute Gasteiger partial charge is 0.252 e. The molecule has 2 aromatic heterocycles. The van der Waals surface area contributed by atoms with Crippen molar-refractivity contribution < 1.29 is 0 Å². The number of benzene rings is 9. The SMILES string of the molecule is CC(C)(C)c1ccc(N2c3ccc(C(C)(C)C)cc3B3c4c2cc(-n2c5cc(-c6ccccc6)ccc5c5ccc(-c6ccccc6)cc52)cc4-n2c4ccc(C(C)(C)C)cc4c4cc(C(C)(C)C)cc3c42)cc1. The average Bonchev–Trinajstić information content (AvgIpc) is 3.91. The number of nitrogens with zero attached hydrogens (tertiary/aromatic N) is 3. The molecule has 0 bridgehead atoms. The summed E-state index contributed by atoms with van der Waals surface area (Å²) in [5, 5.41) is 5.12. The molecule has 0 N–H and O–H groups in total. The molecule has 0 saturated carbocycles. The van der Waals surface area contributed by atoms with Crippen molar-refractivity contribution in [2.24, 2.45) is 0 Å². The molecule has 4 heterocycles. The van der Waals surface area contributed by atoms with Gasteiger partial charge < -0.3 is 14.0 Å². The first-order valence-corrected chi connectivity index (χ1v) is 26.8. The summed E-state index contributed by atoms with van der Waals surface area (Å²) < 4.78 is 5.24. The minimum Gasteiger partial charge on any atom is -0.311 e. The summed E-state index contributed by atoms with van der Waals surface area (Å²) in [6.45, 7) is 28.1. The molecule has 0 saturated heterocycles. The van der Waals surface area contributed by atoms with Gasteiger partial charge in [0.15, 0.2) is 0 Å². The van der Waals surface area contributed by atoms with Gasteiger partial charge in [0.25, 0.3) is 6.71 Å². The maximum atomic E-state index is 2.66. The summed E-state index contributed by atoms with van der Waals surface area (Å²) in [5.74, 6) is 0. The Morgan fingerprint density at radius 1 is 0.311 bits per heavy atom. The number of hydrogen-bond acceptors (Lipinski definition) is 1. The van der Waals surface area contributed by atoms with Crippen molar-refractivity contribution in [3.05, 3.63) is 204 Å². The van der Waals surface area contributed by atoms with Gasteiger partial charge in [-0.1, -0.05) is 204 Å². The second kappa shape index (κ2) is 16.0. The van der Waals surface area contributed by atoms with Crippen LogP contribution in [0.15, 0.2) is 182 Å². The van der Waals surface area contributed by atoms with Gasteiger partial charge in [-0.2, -0.15) is 0 Å². The van der Waals surface area contributed by atoms with Crippen molar-refractivity contribution in [1.82, 2.24) is 9.13 Å². The van der Waals surface area contributed by atoms with E-state index in [9.17, 15) is 0 Å². The first kappa shape index (κ1) is 46.2. The van der Waals surface area contributed by atoms with E-state index in [1.165, 1.54) is 122 Å². The van der Waals surface area contributed by atoms with Crippen molar-refractivity contribution in [2.45, 2.75) is 105 Å². The van der Waals surface area contributed by atoms with Crippen molar-refractivity contribution in [3.63, 3.8) is 0 Å². The van der Waals surface area contributed by atoms with Gasteiger partial charge in [0.2, 0.25) is 0 Å². The fourth-order valence-electron chi connectivity index (χ4n) is 12.3. The molecular weight excluding hydrogens is 894 g/mol. The fraction of sp³-hybridized carbons (Fsp3) is 0.229. The number of fused-ring (bicyclic) bond motifs is 10. The van der Waals surface area contributed by atoms with E-state index in [-0.39, 0.29) is 28.4 Å². The van der Waals surface area contributed by atoms with Gasteiger partial charge >= 0.3 is 0 Å². The molecule has 364 valence electrons. The summed E-state index contributed by atoms with van der Waals surface area (Å²) in [5.41, 5.74) is 25.1. The summed E-state index contributed by atoms with van der Waals surface area (Å²) in [6.07, 6.45) is 0. The molecule has 13 rings (SSSR count). The monoisotopic (exact) mass is 960 g/mol. The highest BCUT2D eigenvalue weighted by Crippen LogP contribution is 2.47. The maximum absolute atomic E-state index is 2.66. The van der Waals surface area contributed by atoms with Gasteiger partial charge in [0.05, 0.1) is 22.2 Å². The predicted molar refractivity (Wildman–Crippen MR) is 320 cm³/mol. The number of hydrogen-bond donors (Lipinski definition) is 0. The molecule has 4 heteroatoms. The van der Waals surface area contributed by atoms with E-state index < -0.39 is 0 Å². The quantitative estimate of drug-likeness (QED) is 0.160. The molecule has 9 aromatic carbocycles. The van der Waals surface area contributed by atoms with E-state index in [1.807, 2.05) is 0 Å². The lowest BCUT2D eigenvalue weighted by atomic mass is 9.33. The molecule has 0 amide bonds. The van der Waals surface area contributed by atoms with Crippen LogP contribution in [0.5, 0.6) is 0 Å². The molecule has 3 nitrogen and oxygen atoms in total. The Labute approximate surface area is 438 Å². The van der Waals surface area contributed by atoms with Gasteiger partial charge in [0, 0.05) is 49.8 Å². The van der Waals surface area contributed by atoms with Crippen LogP contribution in [0.3, 0.4) is 0 Å². The maximum Gasteiger partial charge on any atom is 0.252 e. The lowest BCUT2D eigenvalue weighted by molar-refractivity contribution is 0.590. The minimum atomic E-state index is -0.0763. The van der Waals surface area contributed by atoms with Crippen molar-refractivity contribution in [1.29, 1.82) is 0 Å². The third kappa shape index (κ3) is 7.15. The van der Waals surface area contributed by atoms with Crippen LogP contribution in [-0.4, -0.2) is 15.8 Å². The fourth-order valence-corrected chi connectivity index (χ4v) is 12.3. The molecule has 2 aliphatic heterocycles. The van der Waals surface area contributed by atoms with Crippen LogP contribution in [0.1, 0.15) is 105 Å². The summed E-state index contributed by atoms with van der Waals surface area (Å²) in [6, 6.07) is 70.2. The van der Waals surface area contributed by atoms with Crippen molar-refractivity contribution in [3.8, 4) is 33.6 Å². The zero-order chi connectivity index (χ0) is 51.4. The zero-order valence-corrected chi connectivity index (χ0v) is 45.2. The van der Waals surface area contributed by atoms with Crippen molar-refractivity contribution in [2.75, 3.05) is 4.90 Å². The highest BCUT2D eigenvalue weighted by molar-refractivity contribution is 7.00. The Bertz CT molecular complexity index is 3990. The third-order valence-electron chi connectivity index (χ3n) is 16.5. The van der Waals surface area contributed by atoms with Crippen molar-refractivity contribution >= 4 is 83.8 Å². The van der Waals surface area contributed by atoms with Crippen LogP contribution in [0.4, 0.5) is 17.1 Å². The van der Waals surface area contributed by atoms with Crippen LogP contribution in [0.25, 0.3) is 77.2 Å². The van der Waals surface area contributed by atoms with Gasteiger partial charge in [-0.15, -0.1) is 0 Å². The molecule has 0 aliphatic carbocycles. The highest BCUT2D eigenvalue weighted by atomic mass is 15.2. The van der Waals surface area contributed by atoms with E-state index in [4.69, 9.17) is 0 Å². The average molecular weight is 960 g/mol. The van der Waals surface area contributed by atoms with Gasteiger partial charge in [-0.3, -0.25) is 0 Å². The second-order valence-corrected chi connectivity index (χ2v) is 25.5. The second-order valence-electron chi connectivity index (χ2n) is 25.5. The Morgan fingerprint density at radius 3 is 1.38 bits per heavy atom. The largest absolute Gasteiger partial charge is 0.311 e. The number of rotatable bonds is 4. The lowest BCUT2D eigenvalue weighted by Crippen LogP contribution is -2.60. The Hall–Kier alpha value is -7.56. The van der Waals surface area contributed by atoms with Gasteiger partial charge in [-0.25, -0.2) is 0 Å². The van der Waals surface area contributed by atoms with E-state index in [0.717, 1.165) is 11.4 Å². The zero-order valence-electron chi connectivity index (χ0n) is 45.2. The molecule has 11 aromatic rings. The number of anilines is 3. The van der Waals surface area contributed by atoms with Crippen LogP contribution in [-0.2, 0) is 21.7 Å². The molecule has 2 aliphatic rings. The van der Waals surface area contributed by atoms with Gasteiger partial charge in [-0.05, 0) is 143 Å². The van der Waals surface area contributed by atoms with Crippen LogP contribution >= 0.6 is 0 Å². The van der Waals surface area contributed by atoms with Gasteiger partial charge in [0.1, 0.15) is 0 Å². The van der Waals surface area contributed by atoms with E-state index in [0.29, 0.717) is 0 Å². The molecule has 0 spiro atoms. The molecular formula is C70H66BN3. The van der Waals surface area contributed by atoms with Crippen LogP contribution in [0, 0.1) is 0 Å². The molecule has 0 atom stereocenters. The normalized spacial score (nSPS) is 13.6. The Kier molecular flexibility index (Phi) is 9.98. The molecule has 0 unspecified atom stereocenters. The Morgan fingerprint density at radius 2 is 0.811 bits per heavy atom. The summed E-state index contributed by atoms with van der Waals surface area (Å²) >= 11 is 0. The standard InChI is InChI=1S/C70H66BN3/c1-67(2,3)47-25-29-51(30-26-47)72-60-34-28-49(69(7,8)9)39-57(60)71-58-40-50(70(10,11)12)38-56-55-37-48(68(4,5)6)27-33-59(55)74(66(56)58)64-42-52(41-63(72)65(64)71)73-61-35-45(43-19-15-13-16-20-43)23-31-53(61)54-32-24-46(36-62(54)73)44-21-17-14-18-22-44/h13-42H,1-12H3. The lowest BCUT2D eigenvalue weighted by Gasteiger charge is -2.41. The first-order valence-electron chi connectivity index (χ1n) is 26.8. The molecule has 0 fully saturated rings. The minimum absolute atomic E-state index is 0.0139. The van der Waals surface area contributed by atoms with E-state index in [1.54, 1.807) is 0 Å². The third-order valence-corrected chi connectivity index (χ3v) is 16.5. The highest BCUT2D eigenvalue weighted by Gasteiger charge is 2.44. The Balaban J connectivity index is 1.21. The number of aromatic nitrogens is 2. The van der Waals surface area contributed by atoms with E-state index in [2.05, 4.69) is 279 Å². The summed E-state index contributed by atoms with van der Waals surface area (Å²) in [7, 11) is 0. The molecule has 74 heavy (non-hydrogen) atoms. The topological polar surface area (TPSA) is 13.1 Å². The summed E-state index contributed by atoms with van der Waals surface area (Å²) in [4.78, 5) is 2.60.